The summed E-state index contributed by atoms with van der Waals surface area (Å²) in [7, 11) is 0. The summed E-state index contributed by atoms with van der Waals surface area (Å²) in [6.07, 6.45) is -1.31. The van der Waals surface area contributed by atoms with E-state index < -0.39 is 22.5 Å². The Hall–Kier alpha value is -2.58. The molecule has 0 bridgehead atoms. The summed E-state index contributed by atoms with van der Waals surface area (Å²) in [6, 6.07) is 2.20. The zero-order valence-corrected chi connectivity index (χ0v) is 9.85. The molecule has 0 spiro atoms. The Morgan fingerprint density at radius 2 is 2.20 bits per heavy atom. The summed E-state index contributed by atoms with van der Waals surface area (Å²) in [5, 5.41) is 13.3. The van der Waals surface area contributed by atoms with Crippen molar-refractivity contribution < 1.29 is 22.5 Å². The Labute approximate surface area is 110 Å². The van der Waals surface area contributed by atoms with Gasteiger partial charge in [0.05, 0.1) is 17.4 Å². The van der Waals surface area contributed by atoms with E-state index >= 15 is 0 Å². The molecule has 0 fully saturated rings. The van der Waals surface area contributed by atoms with E-state index in [0.717, 1.165) is 0 Å². The lowest BCUT2D eigenvalue weighted by atomic mass is 10.2. The number of pyridine rings is 1. The van der Waals surface area contributed by atoms with Gasteiger partial charge in [0, 0.05) is 12.1 Å². The summed E-state index contributed by atoms with van der Waals surface area (Å²) in [4.78, 5) is 13.0. The molecule has 2 aromatic heterocycles. The van der Waals surface area contributed by atoms with Crippen LogP contribution in [0.1, 0.15) is 11.3 Å². The van der Waals surface area contributed by atoms with Crippen LogP contribution in [-0.2, 0) is 12.7 Å². The molecular weight excluding hydrogens is 279 g/mol. The van der Waals surface area contributed by atoms with Crippen LogP contribution in [0.4, 0.5) is 24.5 Å². The van der Waals surface area contributed by atoms with Crippen LogP contribution >= 0.6 is 0 Å². The number of halogens is 3. The molecule has 1 N–H and O–H groups in total. The van der Waals surface area contributed by atoms with Crippen molar-refractivity contribution in [2.45, 2.75) is 12.7 Å². The first-order chi connectivity index (χ1) is 9.38. The highest BCUT2D eigenvalue weighted by molar-refractivity contribution is 5.61. The summed E-state index contributed by atoms with van der Waals surface area (Å²) in [5.41, 5.74) is -1.33. The van der Waals surface area contributed by atoms with Gasteiger partial charge in [0.15, 0.2) is 0 Å². The van der Waals surface area contributed by atoms with E-state index in [0.29, 0.717) is 17.8 Å². The maximum Gasteiger partial charge on any atom is 0.433 e. The molecule has 0 saturated heterocycles. The van der Waals surface area contributed by atoms with Gasteiger partial charge < -0.3 is 9.73 Å². The van der Waals surface area contributed by atoms with Gasteiger partial charge in [-0.15, -0.1) is 0 Å². The SMILES string of the molecule is O=[N+]([O-])c1cnc(C(F)(F)F)cc1NCc1ccoc1. The highest BCUT2D eigenvalue weighted by Crippen LogP contribution is 2.33. The highest BCUT2D eigenvalue weighted by atomic mass is 19.4. The molecule has 0 atom stereocenters. The second-order valence-electron chi connectivity index (χ2n) is 3.83. The van der Waals surface area contributed by atoms with E-state index in [2.05, 4.69) is 10.3 Å². The Kier molecular flexibility index (Phi) is 3.59. The average molecular weight is 287 g/mol. The third-order valence-corrected chi connectivity index (χ3v) is 2.43. The van der Waals surface area contributed by atoms with Crippen LogP contribution in [0.25, 0.3) is 0 Å². The number of anilines is 1. The molecule has 0 aliphatic carbocycles. The number of hydrogen-bond acceptors (Lipinski definition) is 5. The Bertz CT molecular complexity index is 611. The molecule has 0 saturated carbocycles. The van der Waals surface area contributed by atoms with E-state index in [1.54, 1.807) is 6.07 Å². The third kappa shape index (κ3) is 3.05. The second kappa shape index (κ2) is 5.19. The Balaban J connectivity index is 2.29. The smallest absolute Gasteiger partial charge is 0.433 e. The molecule has 0 aromatic carbocycles. The van der Waals surface area contributed by atoms with Crippen molar-refractivity contribution in [1.29, 1.82) is 0 Å². The molecule has 2 rings (SSSR count). The number of nitrogens with one attached hydrogen (secondary N) is 1. The van der Waals surface area contributed by atoms with Gasteiger partial charge in [-0.05, 0) is 12.1 Å². The maximum atomic E-state index is 12.5. The van der Waals surface area contributed by atoms with Gasteiger partial charge in [-0.3, -0.25) is 10.1 Å². The predicted molar refractivity (Wildman–Crippen MR) is 61.9 cm³/mol. The molecule has 106 valence electrons. The molecule has 2 heterocycles. The first-order valence-electron chi connectivity index (χ1n) is 5.34. The Morgan fingerprint density at radius 1 is 1.45 bits per heavy atom. The van der Waals surface area contributed by atoms with Crippen LogP contribution in [-0.4, -0.2) is 9.91 Å². The number of hydrogen-bond donors (Lipinski definition) is 1. The van der Waals surface area contributed by atoms with E-state index in [1.807, 2.05) is 0 Å². The van der Waals surface area contributed by atoms with Crippen molar-refractivity contribution in [3.63, 3.8) is 0 Å². The van der Waals surface area contributed by atoms with Crippen molar-refractivity contribution in [2.75, 3.05) is 5.32 Å². The van der Waals surface area contributed by atoms with Crippen LogP contribution in [0, 0.1) is 10.1 Å². The van der Waals surface area contributed by atoms with Crippen LogP contribution in [0.15, 0.2) is 35.3 Å². The zero-order chi connectivity index (χ0) is 14.8. The number of nitrogens with zero attached hydrogens (tertiary/aromatic N) is 2. The van der Waals surface area contributed by atoms with Crippen molar-refractivity contribution in [3.05, 3.63) is 52.2 Å². The van der Waals surface area contributed by atoms with Crippen LogP contribution in [0.3, 0.4) is 0 Å². The van der Waals surface area contributed by atoms with E-state index in [1.165, 1.54) is 12.5 Å². The van der Waals surface area contributed by atoms with E-state index in [-0.39, 0.29) is 12.2 Å². The number of nitro groups is 1. The van der Waals surface area contributed by atoms with E-state index in [4.69, 9.17) is 4.42 Å². The molecule has 0 amide bonds. The standard InChI is InChI=1S/C11H8F3N3O3/c12-11(13,14)10-3-8(9(5-16-10)17(18)19)15-4-7-1-2-20-6-7/h1-3,5-6H,4H2,(H,15,16). The first-order valence-corrected chi connectivity index (χ1v) is 5.34. The minimum atomic E-state index is -4.67. The fraction of sp³-hybridized carbons (Fsp3) is 0.182. The summed E-state index contributed by atoms with van der Waals surface area (Å²) < 4.78 is 42.4. The fourth-order valence-electron chi connectivity index (χ4n) is 1.48. The molecule has 0 unspecified atom stereocenters. The second-order valence-corrected chi connectivity index (χ2v) is 3.83. The zero-order valence-electron chi connectivity index (χ0n) is 9.85. The highest BCUT2D eigenvalue weighted by Gasteiger charge is 2.34. The minimum absolute atomic E-state index is 0.0959. The van der Waals surface area contributed by atoms with Gasteiger partial charge in [0.25, 0.3) is 0 Å². The quantitative estimate of drug-likeness (QED) is 0.689. The topological polar surface area (TPSA) is 81.2 Å². The maximum absolute atomic E-state index is 12.5. The van der Waals surface area contributed by atoms with Crippen LogP contribution in [0.2, 0.25) is 0 Å². The van der Waals surface area contributed by atoms with Gasteiger partial charge >= 0.3 is 11.9 Å². The first kappa shape index (κ1) is 13.8. The van der Waals surface area contributed by atoms with Crippen molar-refractivity contribution in [1.82, 2.24) is 4.98 Å². The van der Waals surface area contributed by atoms with Gasteiger partial charge in [-0.1, -0.05) is 0 Å². The van der Waals surface area contributed by atoms with Gasteiger partial charge in [0.2, 0.25) is 0 Å². The fourth-order valence-corrected chi connectivity index (χ4v) is 1.48. The molecule has 2 aromatic rings. The van der Waals surface area contributed by atoms with Gasteiger partial charge in [-0.2, -0.15) is 13.2 Å². The monoisotopic (exact) mass is 287 g/mol. The molecule has 0 radical (unpaired) electrons. The number of aromatic nitrogens is 1. The van der Waals surface area contributed by atoms with Crippen molar-refractivity contribution >= 4 is 11.4 Å². The predicted octanol–water partition coefficient (Wildman–Crippen LogP) is 3.21. The molecule has 9 heteroatoms. The molecule has 0 aliphatic rings. The molecule has 6 nitrogen and oxygen atoms in total. The largest absolute Gasteiger partial charge is 0.472 e. The van der Waals surface area contributed by atoms with Gasteiger partial charge in [-0.25, -0.2) is 4.98 Å². The number of alkyl halides is 3. The summed E-state index contributed by atoms with van der Waals surface area (Å²) >= 11 is 0. The summed E-state index contributed by atoms with van der Waals surface area (Å²) in [6.45, 7) is 0.0959. The lowest BCUT2D eigenvalue weighted by Crippen LogP contribution is -2.10. The molecule has 0 aliphatic heterocycles. The number of furan rings is 1. The van der Waals surface area contributed by atoms with Crippen molar-refractivity contribution in [2.24, 2.45) is 0 Å². The minimum Gasteiger partial charge on any atom is -0.472 e. The summed E-state index contributed by atoms with van der Waals surface area (Å²) in [5.74, 6) is 0. The van der Waals surface area contributed by atoms with Crippen LogP contribution < -0.4 is 5.32 Å². The van der Waals surface area contributed by atoms with E-state index in [9.17, 15) is 23.3 Å². The molecular formula is C11H8F3N3O3. The normalized spacial score (nSPS) is 11.3. The molecule has 20 heavy (non-hydrogen) atoms. The third-order valence-electron chi connectivity index (χ3n) is 2.43. The van der Waals surface area contributed by atoms with Crippen LogP contribution in [0.5, 0.6) is 0 Å². The Morgan fingerprint density at radius 3 is 2.75 bits per heavy atom. The van der Waals surface area contributed by atoms with Gasteiger partial charge in [0.1, 0.15) is 17.6 Å². The lowest BCUT2D eigenvalue weighted by molar-refractivity contribution is -0.384. The number of rotatable bonds is 4. The van der Waals surface area contributed by atoms with Crippen molar-refractivity contribution in [3.8, 4) is 0 Å². The lowest BCUT2D eigenvalue weighted by Gasteiger charge is -2.09. The average Bonchev–Trinajstić information content (AvgIpc) is 2.87.